The summed E-state index contributed by atoms with van der Waals surface area (Å²) in [7, 11) is -4.28. The van der Waals surface area contributed by atoms with E-state index < -0.39 is 28.0 Å². The molecule has 2 atom stereocenters. The number of unbranched alkanes of at least 4 members (excludes halogenated alkanes) is 24. The van der Waals surface area contributed by atoms with Gasteiger partial charge in [-0.3, -0.25) is 9.35 Å². The molecule has 0 aromatic heterocycles. The van der Waals surface area contributed by atoms with Gasteiger partial charge < -0.3 is 10.4 Å². The third kappa shape index (κ3) is 30.6. The van der Waals surface area contributed by atoms with E-state index in [9.17, 15) is 22.9 Å². The maximum Gasteiger partial charge on any atom is 0.266 e. The van der Waals surface area contributed by atoms with Crippen molar-refractivity contribution in [1.29, 1.82) is 0 Å². The molecule has 0 radical (unpaired) electrons. The Morgan fingerprint density at radius 3 is 1.22 bits per heavy atom. The molecule has 6 nitrogen and oxygen atoms in total. The quantitative estimate of drug-likeness (QED) is 0.0524. The monoisotopic (exact) mass is 603 g/mol. The van der Waals surface area contributed by atoms with Crippen molar-refractivity contribution in [1.82, 2.24) is 5.32 Å². The summed E-state index contributed by atoms with van der Waals surface area (Å²) in [4.78, 5) is 12.4. The maximum atomic E-state index is 12.4. The van der Waals surface area contributed by atoms with Gasteiger partial charge >= 0.3 is 0 Å². The predicted molar refractivity (Wildman–Crippen MR) is 175 cm³/mol. The minimum absolute atomic E-state index is 0.249. The van der Waals surface area contributed by atoms with Gasteiger partial charge in [0.2, 0.25) is 5.91 Å². The average Bonchev–Trinajstić information content (AvgIpc) is 2.92. The van der Waals surface area contributed by atoms with E-state index in [-0.39, 0.29) is 5.91 Å². The van der Waals surface area contributed by atoms with Crippen LogP contribution in [0.15, 0.2) is 0 Å². The smallest absolute Gasteiger partial charge is 0.266 e. The van der Waals surface area contributed by atoms with Crippen LogP contribution in [0.4, 0.5) is 0 Å². The summed E-state index contributed by atoms with van der Waals surface area (Å²) in [5.74, 6) is -0.893. The molecule has 0 saturated heterocycles. The Hall–Kier alpha value is -0.660. The first kappa shape index (κ1) is 40.3. The third-order valence-corrected chi connectivity index (χ3v) is 9.09. The Bertz CT molecular complexity index is 670. The minimum Gasteiger partial charge on any atom is -0.391 e. The Morgan fingerprint density at radius 1 is 0.561 bits per heavy atom. The lowest BCUT2D eigenvalue weighted by molar-refractivity contribution is -0.122. The van der Waals surface area contributed by atoms with Crippen LogP contribution >= 0.6 is 0 Å². The van der Waals surface area contributed by atoms with Crippen molar-refractivity contribution in [3.8, 4) is 0 Å². The molecular formula is C34H69NO5S. The standard InChI is InChI=1S/C34H69NO5S/c1-3-5-7-9-10-11-12-13-14-15-16-17-18-19-20-21-22-23-24-26-28-30-34(37)35-32(31-41(38,39)40)33(36)29-27-25-8-6-4-2/h32-33,36H,3-31H2,1-2H3,(H,35,37)(H,38,39,40). The van der Waals surface area contributed by atoms with E-state index in [0.29, 0.717) is 12.8 Å². The molecule has 2 unspecified atom stereocenters. The van der Waals surface area contributed by atoms with Crippen LogP contribution in [0.5, 0.6) is 0 Å². The van der Waals surface area contributed by atoms with Crippen LogP contribution in [0, 0.1) is 0 Å². The Labute approximate surface area is 255 Å². The fourth-order valence-corrected chi connectivity index (χ4v) is 6.39. The van der Waals surface area contributed by atoms with E-state index in [1.54, 1.807) is 0 Å². The molecule has 7 heteroatoms. The Morgan fingerprint density at radius 2 is 0.878 bits per heavy atom. The van der Waals surface area contributed by atoms with Crippen LogP contribution in [0.3, 0.4) is 0 Å². The summed E-state index contributed by atoms with van der Waals surface area (Å²) >= 11 is 0. The molecule has 0 spiro atoms. The number of aliphatic hydroxyl groups is 1. The molecule has 0 aliphatic rings. The zero-order chi connectivity index (χ0) is 30.4. The summed E-state index contributed by atoms with van der Waals surface area (Å²) in [5, 5.41) is 13.1. The largest absolute Gasteiger partial charge is 0.391 e. The summed E-state index contributed by atoms with van der Waals surface area (Å²) in [6.07, 6.45) is 32.5. The van der Waals surface area contributed by atoms with Crippen LogP contribution < -0.4 is 5.32 Å². The van der Waals surface area contributed by atoms with Crippen LogP contribution in [0.2, 0.25) is 0 Å². The highest BCUT2D eigenvalue weighted by atomic mass is 32.2. The number of hydrogen-bond donors (Lipinski definition) is 3. The summed E-state index contributed by atoms with van der Waals surface area (Å²) in [5.41, 5.74) is 0. The van der Waals surface area contributed by atoms with Gasteiger partial charge in [0, 0.05) is 6.42 Å². The highest BCUT2D eigenvalue weighted by Gasteiger charge is 2.26. The molecule has 0 rings (SSSR count). The van der Waals surface area contributed by atoms with Crippen LogP contribution in [0.25, 0.3) is 0 Å². The van der Waals surface area contributed by atoms with Crippen LogP contribution in [0.1, 0.15) is 194 Å². The van der Waals surface area contributed by atoms with Gasteiger partial charge in [0.05, 0.1) is 17.9 Å². The number of carbonyl (C=O) groups is 1. The molecule has 0 fully saturated rings. The number of hydrogen-bond acceptors (Lipinski definition) is 4. The van der Waals surface area contributed by atoms with Crippen molar-refractivity contribution in [2.75, 3.05) is 5.75 Å². The van der Waals surface area contributed by atoms with E-state index >= 15 is 0 Å². The fraction of sp³-hybridized carbons (Fsp3) is 0.971. The average molecular weight is 604 g/mol. The van der Waals surface area contributed by atoms with Gasteiger partial charge in [0.1, 0.15) is 0 Å². The molecule has 0 aliphatic carbocycles. The van der Waals surface area contributed by atoms with Crippen molar-refractivity contribution in [2.45, 2.75) is 206 Å². The second-order valence-electron chi connectivity index (χ2n) is 12.5. The summed E-state index contributed by atoms with van der Waals surface area (Å²) < 4.78 is 32.0. The first-order valence-electron chi connectivity index (χ1n) is 17.7. The number of nitrogens with one attached hydrogen (secondary N) is 1. The van der Waals surface area contributed by atoms with Crippen molar-refractivity contribution in [3.63, 3.8) is 0 Å². The molecular weight excluding hydrogens is 534 g/mol. The van der Waals surface area contributed by atoms with Crippen LogP contribution in [-0.2, 0) is 14.9 Å². The molecule has 0 aromatic carbocycles. The summed E-state index contributed by atoms with van der Waals surface area (Å²) in [6.45, 7) is 4.41. The lowest BCUT2D eigenvalue weighted by Crippen LogP contribution is -2.47. The van der Waals surface area contributed by atoms with Gasteiger partial charge in [-0.25, -0.2) is 0 Å². The van der Waals surface area contributed by atoms with Gasteiger partial charge in [-0.05, 0) is 12.8 Å². The Balaban J connectivity index is 3.65. The van der Waals surface area contributed by atoms with Crippen molar-refractivity contribution < 1.29 is 22.9 Å². The van der Waals surface area contributed by atoms with E-state index in [1.807, 2.05) is 0 Å². The maximum absolute atomic E-state index is 12.4. The first-order chi connectivity index (χ1) is 19.8. The van der Waals surface area contributed by atoms with Gasteiger partial charge in [-0.2, -0.15) is 8.42 Å². The van der Waals surface area contributed by atoms with Gasteiger partial charge in [0.25, 0.3) is 10.1 Å². The first-order valence-corrected chi connectivity index (χ1v) is 19.3. The lowest BCUT2D eigenvalue weighted by Gasteiger charge is -2.23. The zero-order valence-electron chi connectivity index (χ0n) is 27.2. The third-order valence-electron chi connectivity index (χ3n) is 8.31. The Kier molecular flexibility index (Phi) is 28.9. The SMILES string of the molecule is CCCCCCCCCCCCCCCCCCCCCCCC(=O)NC(CS(=O)(=O)O)C(O)CCCCCCC. The van der Waals surface area contributed by atoms with Crippen molar-refractivity contribution in [3.05, 3.63) is 0 Å². The lowest BCUT2D eigenvalue weighted by atomic mass is 10.0. The summed E-state index contributed by atoms with van der Waals surface area (Å²) in [6, 6.07) is -0.960. The van der Waals surface area contributed by atoms with Gasteiger partial charge in [-0.1, -0.05) is 174 Å². The molecule has 3 N–H and O–H groups in total. The van der Waals surface area contributed by atoms with Gasteiger partial charge in [-0.15, -0.1) is 0 Å². The number of aliphatic hydroxyl groups excluding tert-OH is 1. The highest BCUT2D eigenvalue weighted by molar-refractivity contribution is 7.85. The number of amides is 1. The molecule has 0 aliphatic heterocycles. The van der Waals surface area contributed by atoms with Crippen LogP contribution in [-0.4, -0.2) is 41.9 Å². The zero-order valence-corrected chi connectivity index (χ0v) is 28.0. The second-order valence-corrected chi connectivity index (χ2v) is 14.0. The fourth-order valence-electron chi connectivity index (χ4n) is 5.63. The molecule has 41 heavy (non-hydrogen) atoms. The highest BCUT2D eigenvalue weighted by Crippen LogP contribution is 2.16. The van der Waals surface area contributed by atoms with E-state index in [2.05, 4.69) is 19.2 Å². The minimum atomic E-state index is -4.28. The van der Waals surface area contributed by atoms with Crippen molar-refractivity contribution in [2.24, 2.45) is 0 Å². The molecule has 0 bridgehead atoms. The second kappa shape index (κ2) is 29.4. The molecule has 0 heterocycles. The van der Waals surface area contributed by atoms with E-state index in [4.69, 9.17) is 0 Å². The van der Waals surface area contributed by atoms with E-state index in [0.717, 1.165) is 51.4 Å². The van der Waals surface area contributed by atoms with E-state index in [1.165, 1.54) is 116 Å². The van der Waals surface area contributed by atoms with Crippen molar-refractivity contribution >= 4 is 16.0 Å². The molecule has 0 aromatic rings. The van der Waals surface area contributed by atoms with Gasteiger partial charge in [0.15, 0.2) is 0 Å². The predicted octanol–water partition coefficient (Wildman–Crippen LogP) is 9.68. The topological polar surface area (TPSA) is 104 Å². The number of carbonyl (C=O) groups excluding carboxylic acids is 1. The molecule has 1 amide bonds. The molecule has 0 saturated carbocycles. The molecule has 246 valence electrons. The number of rotatable bonds is 32. The normalized spacial score (nSPS) is 13.4.